The van der Waals surface area contributed by atoms with E-state index in [0.717, 1.165) is 28.1 Å². The average Bonchev–Trinajstić information content (AvgIpc) is 2.85. The Labute approximate surface area is 138 Å². The number of hydrogen-bond donors (Lipinski definition) is 0. The molecule has 0 aliphatic rings. The van der Waals surface area contributed by atoms with E-state index in [0.29, 0.717) is 10.6 Å². The minimum atomic E-state index is 0.00257. The van der Waals surface area contributed by atoms with E-state index < -0.39 is 0 Å². The lowest BCUT2D eigenvalue weighted by atomic mass is 10.2. The van der Waals surface area contributed by atoms with Crippen molar-refractivity contribution < 1.29 is 4.79 Å². The highest BCUT2D eigenvalue weighted by atomic mass is 35.5. The van der Waals surface area contributed by atoms with Crippen molar-refractivity contribution in [2.24, 2.45) is 0 Å². The predicted octanol–water partition coefficient (Wildman–Crippen LogP) is 4.79. The van der Waals surface area contributed by atoms with E-state index in [4.69, 9.17) is 11.6 Å². The van der Waals surface area contributed by atoms with Gasteiger partial charge in [-0.1, -0.05) is 18.5 Å². The van der Waals surface area contributed by atoms with Crippen LogP contribution in [0.15, 0.2) is 47.5 Å². The fourth-order valence-electron chi connectivity index (χ4n) is 2.26. The zero-order valence-electron chi connectivity index (χ0n) is 12.3. The topological polar surface area (TPSA) is 34.4 Å². The highest BCUT2D eigenvalue weighted by Gasteiger charge is 2.17. The lowest BCUT2D eigenvalue weighted by molar-refractivity contribution is 0.108. The molecule has 3 nitrogen and oxygen atoms in total. The smallest absolute Gasteiger partial charge is 0.224 e. The number of aromatic nitrogens is 2. The van der Waals surface area contributed by atoms with E-state index >= 15 is 0 Å². The fraction of sp³-hybridized carbons (Fsp3) is 0.176. The number of rotatable bonds is 3. The molecule has 112 valence electrons. The maximum Gasteiger partial charge on any atom is 0.224 e. The number of carbonyl (C=O) groups is 1. The normalized spacial score (nSPS) is 11.0. The Kier molecular flexibility index (Phi) is 4.23. The Hall–Kier alpha value is -1.78. The standard InChI is InChI=1S/C17H15ClN2OS/c1-3-14-16(15-10-11(2)8-9-20(15)19-14)22-17(21)12-4-6-13(18)7-5-12/h4-10H,3H2,1-2H3. The first-order valence-corrected chi connectivity index (χ1v) is 8.23. The number of hydrogen-bond acceptors (Lipinski definition) is 3. The van der Waals surface area contributed by atoms with Crippen molar-refractivity contribution in [3.05, 3.63) is 64.4 Å². The molecule has 0 N–H and O–H groups in total. The molecule has 3 aromatic rings. The van der Waals surface area contributed by atoms with Gasteiger partial charge in [-0.3, -0.25) is 4.79 Å². The number of thioether (sulfide) groups is 1. The summed E-state index contributed by atoms with van der Waals surface area (Å²) in [7, 11) is 0. The molecule has 2 heterocycles. The van der Waals surface area contributed by atoms with Crippen LogP contribution in [0, 0.1) is 6.92 Å². The number of nitrogens with zero attached hydrogens (tertiary/aromatic N) is 2. The summed E-state index contributed by atoms with van der Waals surface area (Å²) in [6.45, 7) is 4.08. The monoisotopic (exact) mass is 330 g/mol. The fourth-order valence-corrected chi connectivity index (χ4v) is 3.38. The Balaban J connectivity index is 2.00. The van der Waals surface area contributed by atoms with Gasteiger partial charge < -0.3 is 0 Å². The molecule has 0 saturated heterocycles. The maximum atomic E-state index is 12.5. The molecule has 5 heteroatoms. The molecular weight excluding hydrogens is 316 g/mol. The van der Waals surface area contributed by atoms with Gasteiger partial charge in [0.05, 0.1) is 16.1 Å². The first kappa shape index (κ1) is 15.1. The zero-order valence-corrected chi connectivity index (χ0v) is 13.9. The molecular formula is C17H15ClN2OS. The van der Waals surface area contributed by atoms with Crippen molar-refractivity contribution in [2.75, 3.05) is 0 Å². The van der Waals surface area contributed by atoms with Crippen molar-refractivity contribution in [1.29, 1.82) is 0 Å². The molecule has 0 spiro atoms. The number of carbonyl (C=O) groups excluding carboxylic acids is 1. The van der Waals surface area contributed by atoms with Crippen molar-refractivity contribution in [3.63, 3.8) is 0 Å². The minimum absolute atomic E-state index is 0.00257. The molecule has 0 aliphatic heterocycles. The number of aryl methyl sites for hydroxylation is 2. The second-order valence-corrected chi connectivity index (χ2v) is 6.48. The van der Waals surface area contributed by atoms with Crippen LogP contribution in [0.25, 0.3) is 5.52 Å². The summed E-state index contributed by atoms with van der Waals surface area (Å²) in [6, 6.07) is 11.0. The van der Waals surface area contributed by atoms with E-state index in [-0.39, 0.29) is 5.12 Å². The van der Waals surface area contributed by atoms with E-state index in [1.807, 2.05) is 30.6 Å². The van der Waals surface area contributed by atoms with Gasteiger partial charge in [0, 0.05) is 16.8 Å². The molecule has 0 bridgehead atoms. The summed E-state index contributed by atoms with van der Waals surface area (Å²) in [5.41, 5.74) is 3.71. The van der Waals surface area contributed by atoms with Crippen LogP contribution < -0.4 is 0 Å². The number of fused-ring (bicyclic) bond motifs is 1. The predicted molar refractivity (Wildman–Crippen MR) is 90.9 cm³/mol. The third-order valence-electron chi connectivity index (χ3n) is 3.42. The first-order valence-electron chi connectivity index (χ1n) is 7.04. The molecule has 1 aromatic carbocycles. The summed E-state index contributed by atoms with van der Waals surface area (Å²) < 4.78 is 1.84. The Bertz CT molecular complexity index is 840. The lowest BCUT2D eigenvalue weighted by Gasteiger charge is -2.02. The van der Waals surface area contributed by atoms with E-state index in [1.54, 1.807) is 24.3 Å². The highest BCUT2D eigenvalue weighted by molar-refractivity contribution is 8.14. The van der Waals surface area contributed by atoms with Gasteiger partial charge in [0.15, 0.2) is 0 Å². The largest absolute Gasteiger partial charge is 0.281 e. The summed E-state index contributed by atoms with van der Waals surface area (Å²) in [4.78, 5) is 13.4. The molecule has 22 heavy (non-hydrogen) atoms. The molecule has 0 amide bonds. The molecule has 0 aliphatic carbocycles. The van der Waals surface area contributed by atoms with Gasteiger partial charge in [-0.15, -0.1) is 0 Å². The Morgan fingerprint density at radius 2 is 2.00 bits per heavy atom. The highest BCUT2D eigenvalue weighted by Crippen LogP contribution is 2.31. The van der Waals surface area contributed by atoms with Crippen LogP contribution in [0.5, 0.6) is 0 Å². The maximum absolute atomic E-state index is 12.5. The summed E-state index contributed by atoms with van der Waals surface area (Å²) in [5.74, 6) is 0. The third kappa shape index (κ3) is 2.89. The van der Waals surface area contributed by atoms with Crippen LogP contribution in [-0.4, -0.2) is 14.7 Å². The van der Waals surface area contributed by atoms with Gasteiger partial charge in [0.2, 0.25) is 5.12 Å². The molecule has 2 aromatic heterocycles. The van der Waals surface area contributed by atoms with Crippen LogP contribution >= 0.6 is 23.4 Å². The van der Waals surface area contributed by atoms with Gasteiger partial charge in [0.25, 0.3) is 0 Å². The summed E-state index contributed by atoms with van der Waals surface area (Å²) in [6.07, 6.45) is 2.72. The second kappa shape index (κ2) is 6.15. The first-order chi connectivity index (χ1) is 10.6. The van der Waals surface area contributed by atoms with E-state index in [1.165, 1.54) is 11.8 Å². The van der Waals surface area contributed by atoms with Gasteiger partial charge in [-0.25, -0.2) is 4.52 Å². The zero-order chi connectivity index (χ0) is 15.7. The quantitative estimate of drug-likeness (QED) is 0.647. The number of pyridine rings is 1. The molecule has 0 radical (unpaired) electrons. The van der Waals surface area contributed by atoms with Crippen molar-refractivity contribution in [2.45, 2.75) is 25.2 Å². The van der Waals surface area contributed by atoms with Crippen LogP contribution in [0.1, 0.15) is 28.5 Å². The van der Waals surface area contributed by atoms with Crippen LogP contribution in [0.2, 0.25) is 5.02 Å². The second-order valence-electron chi connectivity index (χ2n) is 5.06. The van der Waals surface area contributed by atoms with Crippen LogP contribution in [0.4, 0.5) is 0 Å². The van der Waals surface area contributed by atoms with Gasteiger partial charge in [-0.05, 0) is 67.1 Å². The summed E-state index contributed by atoms with van der Waals surface area (Å²) in [5, 5.41) is 5.19. The van der Waals surface area contributed by atoms with Gasteiger partial charge >= 0.3 is 0 Å². The third-order valence-corrected chi connectivity index (χ3v) is 4.74. The number of halogens is 1. The average molecular weight is 331 g/mol. The molecule has 0 atom stereocenters. The molecule has 0 unspecified atom stereocenters. The molecule has 3 rings (SSSR count). The van der Waals surface area contributed by atoms with Crippen molar-refractivity contribution in [1.82, 2.24) is 9.61 Å². The van der Waals surface area contributed by atoms with E-state index in [9.17, 15) is 4.79 Å². The SMILES string of the molecule is CCc1nn2ccc(C)cc2c1SC(=O)c1ccc(Cl)cc1. The number of benzene rings is 1. The lowest BCUT2D eigenvalue weighted by Crippen LogP contribution is -1.94. The van der Waals surface area contributed by atoms with Crippen molar-refractivity contribution >= 4 is 34.0 Å². The van der Waals surface area contributed by atoms with Crippen LogP contribution in [0.3, 0.4) is 0 Å². The Morgan fingerprint density at radius 3 is 2.68 bits per heavy atom. The minimum Gasteiger partial charge on any atom is -0.281 e. The van der Waals surface area contributed by atoms with Gasteiger partial charge in [0.1, 0.15) is 0 Å². The van der Waals surface area contributed by atoms with Crippen molar-refractivity contribution in [3.8, 4) is 0 Å². The van der Waals surface area contributed by atoms with Gasteiger partial charge in [-0.2, -0.15) is 5.10 Å². The molecule has 0 fully saturated rings. The molecule has 0 saturated carbocycles. The Morgan fingerprint density at radius 1 is 1.27 bits per heavy atom. The van der Waals surface area contributed by atoms with Crippen LogP contribution in [-0.2, 0) is 6.42 Å². The summed E-state index contributed by atoms with van der Waals surface area (Å²) >= 11 is 7.10. The van der Waals surface area contributed by atoms with E-state index in [2.05, 4.69) is 11.2 Å².